The van der Waals surface area contributed by atoms with Gasteiger partial charge in [0, 0.05) is 36.2 Å². The number of carbonyl (C=O) groups is 2. The van der Waals surface area contributed by atoms with Crippen LogP contribution in [-0.4, -0.2) is 31.1 Å². The van der Waals surface area contributed by atoms with Crippen LogP contribution in [0.3, 0.4) is 0 Å². The second-order valence-corrected chi connectivity index (χ2v) is 8.04. The van der Waals surface area contributed by atoms with Crippen LogP contribution in [0.5, 0.6) is 0 Å². The van der Waals surface area contributed by atoms with Crippen molar-refractivity contribution in [3.05, 3.63) is 53.1 Å². The highest BCUT2D eigenvalue weighted by Gasteiger charge is 2.21. The first-order chi connectivity index (χ1) is 14.4. The van der Waals surface area contributed by atoms with Gasteiger partial charge >= 0.3 is 6.03 Å². The van der Waals surface area contributed by atoms with Crippen LogP contribution in [-0.2, 0) is 0 Å². The van der Waals surface area contributed by atoms with Crippen LogP contribution >= 0.6 is 0 Å². The summed E-state index contributed by atoms with van der Waals surface area (Å²) in [5.74, 6) is -0.107. The second kappa shape index (κ2) is 9.65. The van der Waals surface area contributed by atoms with Crippen molar-refractivity contribution in [2.24, 2.45) is 0 Å². The predicted molar refractivity (Wildman–Crippen MR) is 124 cm³/mol. The molecule has 3 rings (SSSR count). The largest absolute Gasteiger partial charge is 0.371 e. The van der Waals surface area contributed by atoms with Gasteiger partial charge in [0.2, 0.25) is 0 Å². The summed E-state index contributed by atoms with van der Waals surface area (Å²) in [5, 5.41) is 8.82. The molecule has 1 aliphatic heterocycles. The highest BCUT2D eigenvalue weighted by Crippen LogP contribution is 2.28. The van der Waals surface area contributed by atoms with Crippen molar-refractivity contribution in [1.82, 2.24) is 5.32 Å². The van der Waals surface area contributed by atoms with E-state index in [9.17, 15) is 9.59 Å². The number of nitrogens with one attached hydrogen (secondary N) is 3. The average Bonchev–Trinajstić information content (AvgIpc) is 3.26. The van der Waals surface area contributed by atoms with Gasteiger partial charge in [-0.3, -0.25) is 4.79 Å². The van der Waals surface area contributed by atoms with Crippen molar-refractivity contribution in [3.63, 3.8) is 0 Å². The van der Waals surface area contributed by atoms with Crippen molar-refractivity contribution in [2.45, 2.75) is 53.0 Å². The molecule has 1 heterocycles. The highest BCUT2D eigenvalue weighted by molar-refractivity contribution is 6.04. The van der Waals surface area contributed by atoms with E-state index in [1.807, 2.05) is 58.0 Å². The molecule has 0 aromatic heterocycles. The number of hydrogen-bond acceptors (Lipinski definition) is 3. The fourth-order valence-electron chi connectivity index (χ4n) is 3.60. The fourth-order valence-corrected chi connectivity index (χ4v) is 3.60. The second-order valence-electron chi connectivity index (χ2n) is 8.04. The minimum Gasteiger partial charge on any atom is -0.371 e. The van der Waals surface area contributed by atoms with E-state index in [4.69, 9.17) is 0 Å². The zero-order chi connectivity index (χ0) is 21.7. The van der Waals surface area contributed by atoms with Gasteiger partial charge < -0.3 is 20.9 Å². The summed E-state index contributed by atoms with van der Waals surface area (Å²) in [7, 11) is 0. The molecular weight excluding hydrogens is 376 g/mol. The van der Waals surface area contributed by atoms with Crippen LogP contribution in [0.4, 0.5) is 21.9 Å². The molecule has 6 nitrogen and oxygen atoms in total. The molecule has 0 saturated carbocycles. The van der Waals surface area contributed by atoms with Crippen LogP contribution < -0.4 is 20.9 Å². The third kappa shape index (κ3) is 5.12. The molecule has 3 N–H and O–H groups in total. The van der Waals surface area contributed by atoms with Crippen LogP contribution in [0.2, 0.25) is 0 Å². The van der Waals surface area contributed by atoms with Gasteiger partial charge in [0.25, 0.3) is 5.91 Å². The molecule has 160 valence electrons. The Labute approximate surface area is 179 Å². The quantitative estimate of drug-likeness (QED) is 0.624. The molecule has 0 aliphatic carbocycles. The molecule has 30 heavy (non-hydrogen) atoms. The Morgan fingerprint density at radius 2 is 1.80 bits per heavy atom. The van der Waals surface area contributed by atoms with Crippen LogP contribution in [0.15, 0.2) is 36.4 Å². The number of rotatable bonds is 6. The number of hydrogen-bond donors (Lipinski definition) is 3. The molecule has 1 aliphatic rings. The zero-order valence-corrected chi connectivity index (χ0v) is 18.3. The fraction of sp³-hybridized carbons (Fsp3) is 0.417. The van der Waals surface area contributed by atoms with Gasteiger partial charge in [-0.1, -0.05) is 19.1 Å². The van der Waals surface area contributed by atoms with Gasteiger partial charge in [0.1, 0.15) is 0 Å². The minimum atomic E-state index is -0.328. The summed E-state index contributed by atoms with van der Waals surface area (Å²) in [6.07, 6.45) is 3.12. The molecule has 0 spiro atoms. The summed E-state index contributed by atoms with van der Waals surface area (Å²) in [4.78, 5) is 27.7. The van der Waals surface area contributed by atoms with Gasteiger partial charge in [-0.2, -0.15) is 0 Å². The number of carbonyl (C=O) groups excluding carboxylic acids is 2. The number of benzene rings is 2. The maximum atomic E-state index is 12.9. The number of nitrogens with zero attached hydrogens (tertiary/aromatic N) is 1. The van der Waals surface area contributed by atoms with Crippen molar-refractivity contribution in [1.29, 1.82) is 0 Å². The zero-order valence-electron chi connectivity index (χ0n) is 18.3. The molecule has 2 aromatic rings. The molecule has 1 fully saturated rings. The Morgan fingerprint density at radius 1 is 1.07 bits per heavy atom. The van der Waals surface area contributed by atoms with Crippen LogP contribution in [0, 0.1) is 13.8 Å². The molecule has 0 radical (unpaired) electrons. The Morgan fingerprint density at radius 3 is 2.50 bits per heavy atom. The van der Waals surface area contributed by atoms with E-state index in [2.05, 4.69) is 20.9 Å². The number of amides is 3. The summed E-state index contributed by atoms with van der Waals surface area (Å²) in [5.41, 5.74) is 5.04. The standard InChI is InChI=1S/C24H32N4O2/c1-5-17(3)25-23(29)20-15-19(11-12-22(20)28-13-6-7-14-28)26-24(30)27-21-10-8-9-16(2)18(21)4/h8-12,15,17H,5-7,13-14H2,1-4H3,(H,25,29)(H2,26,27,30)/t17-/m1/s1. The minimum absolute atomic E-state index is 0.0909. The third-order valence-electron chi connectivity index (χ3n) is 5.79. The molecule has 1 saturated heterocycles. The summed E-state index contributed by atoms with van der Waals surface area (Å²) >= 11 is 0. The lowest BCUT2D eigenvalue weighted by Crippen LogP contribution is -2.33. The number of anilines is 3. The van der Waals surface area contributed by atoms with Gasteiger partial charge in [-0.05, 0) is 75.4 Å². The lowest BCUT2D eigenvalue weighted by atomic mass is 10.1. The summed E-state index contributed by atoms with van der Waals surface area (Å²) < 4.78 is 0. The van der Waals surface area contributed by atoms with E-state index in [1.54, 1.807) is 6.07 Å². The molecular formula is C24H32N4O2. The Bertz CT molecular complexity index is 919. The normalized spacial score (nSPS) is 14.3. The van der Waals surface area contributed by atoms with E-state index < -0.39 is 0 Å². The predicted octanol–water partition coefficient (Wildman–Crippen LogP) is 5.08. The highest BCUT2D eigenvalue weighted by atomic mass is 16.2. The van der Waals surface area contributed by atoms with E-state index in [0.29, 0.717) is 11.3 Å². The first kappa shape index (κ1) is 21.7. The first-order valence-corrected chi connectivity index (χ1v) is 10.7. The smallest absolute Gasteiger partial charge is 0.323 e. The average molecular weight is 409 g/mol. The third-order valence-corrected chi connectivity index (χ3v) is 5.79. The molecule has 6 heteroatoms. The van der Waals surface area contributed by atoms with E-state index in [0.717, 1.165) is 54.9 Å². The summed E-state index contributed by atoms with van der Waals surface area (Å²) in [6.45, 7) is 9.92. The van der Waals surface area contributed by atoms with Gasteiger partial charge in [-0.25, -0.2) is 4.79 Å². The van der Waals surface area contributed by atoms with Gasteiger partial charge in [0.15, 0.2) is 0 Å². The Hall–Kier alpha value is -3.02. The van der Waals surface area contributed by atoms with E-state index in [-0.39, 0.29) is 18.0 Å². The van der Waals surface area contributed by atoms with Gasteiger partial charge in [0.05, 0.1) is 5.56 Å². The van der Waals surface area contributed by atoms with Crippen molar-refractivity contribution in [2.75, 3.05) is 28.6 Å². The monoisotopic (exact) mass is 408 g/mol. The van der Waals surface area contributed by atoms with Crippen LogP contribution in [0.1, 0.15) is 54.6 Å². The summed E-state index contributed by atoms with van der Waals surface area (Å²) in [6, 6.07) is 11.1. The van der Waals surface area contributed by atoms with Crippen LogP contribution in [0.25, 0.3) is 0 Å². The lowest BCUT2D eigenvalue weighted by Gasteiger charge is -2.23. The SMILES string of the molecule is CC[C@@H](C)NC(=O)c1cc(NC(=O)Nc2cccc(C)c2C)ccc1N1CCCC1. The molecule has 3 amide bonds. The molecule has 0 bridgehead atoms. The molecule has 1 atom stereocenters. The Kier molecular flexibility index (Phi) is 6.98. The van der Waals surface area contributed by atoms with Crippen molar-refractivity contribution < 1.29 is 9.59 Å². The molecule has 0 unspecified atom stereocenters. The first-order valence-electron chi connectivity index (χ1n) is 10.7. The Balaban J connectivity index is 1.80. The lowest BCUT2D eigenvalue weighted by molar-refractivity contribution is 0.0939. The van der Waals surface area contributed by atoms with E-state index >= 15 is 0 Å². The van der Waals surface area contributed by atoms with E-state index in [1.165, 1.54) is 0 Å². The maximum absolute atomic E-state index is 12.9. The van der Waals surface area contributed by atoms with Crippen molar-refractivity contribution in [3.8, 4) is 0 Å². The maximum Gasteiger partial charge on any atom is 0.323 e. The molecule has 2 aromatic carbocycles. The number of urea groups is 1. The number of aryl methyl sites for hydroxylation is 1. The van der Waals surface area contributed by atoms with Crippen molar-refractivity contribution >= 4 is 29.0 Å². The van der Waals surface area contributed by atoms with Gasteiger partial charge in [-0.15, -0.1) is 0 Å². The topological polar surface area (TPSA) is 73.5 Å².